The lowest BCUT2D eigenvalue weighted by molar-refractivity contribution is 0.668. The van der Waals surface area contributed by atoms with Crippen LogP contribution in [-0.2, 0) is 0 Å². The lowest BCUT2D eigenvalue weighted by Crippen LogP contribution is -2.01. The number of para-hydroxylation sites is 2. The van der Waals surface area contributed by atoms with E-state index in [1.807, 2.05) is 91.0 Å². The summed E-state index contributed by atoms with van der Waals surface area (Å²) < 4.78 is 140. The molecule has 0 atom stereocenters. The van der Waals surface area contributed by atoms with Gasteiger partial charge in [0.05, 0.1) is 19.2 Å². The molecule has 4 aromatic heterocycles. The second-order valence-electron chi connectivity index (χ2n) is 14.8. The van der Waals surface area contributed by atoms with Gasteiger partial charge >= 0.3 is 0 Å². The van der Waals surface area contributed by atoms with Crippen LogP contribution < -0.4 is 0 Å². The summed E-state index contributed by atoms with van der Waals surface area (Å²) in [5.74, 6) is 0.613. The van der Waals surface area contributed by atoms with Crippen molar-refractivity contribution in [3.8, 4) is 67.5 Å². The normalized spacial score (nSPS) is 14.9. The molecule has 4 heterocycles. The van der Waals surface area contributed by atoms with E-state index in [9.17, 15) is 8.22 Å². The molecule has 0 fully saturated rings. The maximum atomic E-state index is 9.81. The standard InChI is InChI=1S/C57H33N3O2S/c1-2-13-34(14-3-1)40-15-4-5-19-45(40)56-58-55(59-57(60-56)46-21-12-20-44-43-18-8-11-24-53(43)63-54(44)46)39-30-37(35-25-27-51-47(32-35)41-16-6-9-22-49(41)61-51)29-38(31-39)36-26-28-52-48(33-36)42-17-7-10-23-50(42)62-52/h1-33H/i6D,7D,9D,10D,16D,17D,22D,23D,25D,26D,27D,28D,32D,33D. The second kappa shape index (κ2) is 14.2. The van der Waals surface area contributed by atoms with Crippen molar-refractivity contribution in [1.82, 2.24) is 15.0 Å². The summed E-state index contributed by atoms with van der Waals surface area (Å²) in [6.45, 7) is 0. The maximum absolute atomic E-state index is 9.81. The number of fused-ring (bicyclic) bond motifs is 9. The van der Waals surface area contributed by atoms with Crippen LogP contribution in [0.5, 0.6) is 0 Å². The van der Waals surface area contributed by atoms with Crippen molar-refractivity contribution in [3.63, 3.8) is 0 Å². The van der Waals surface area contributed by atoms with Gasteiger partial charge in [-0.3, -0.25) is 0 Å². The van der Waals surface area contributed by atoms with Crippen molar-refractivity contribution in [2.75, 3.05) is 0 Å². The summed E-state index contributed by atoms with van der Waals surface area (Å²) in [6.07, 6.45) is 0. The Hall–Kier alpha value is -8.19. The SMILES string of the molecule is [2H]c1c([2H])c([2H])c2c(oc3c([2H])c([2H])c(-c4cc(-c5nc(-c6ccccc6-c6ccccc6)nc(-c6cccc7c6sc6ccccc67)n5)cc(-c5c([2H])c([2H])c6oc7c([2H])c([2H])c([2H])c([2H])c7c6c5[2H])c4)c([2H])c32)c1[2H]. The first-order valence-electron chi connectivity index (χ1n) is 26.9. The Kier molecular flexibility index (Phi) is 5.48. The number of thiophene rings is 1. The van der Waals surface area contributed by atoms with E-state index in [1.54, 1.807) is 23.5 Å². The molecule has 0 bridgehead atoms. The van der Waals surface area contributed by atoms with Gasteiger partial charge in [0.2, 0.25) is 0 Å². The van der Waals surface area contributed by atoms with Crippen LogP contribution in [0.3, 0.4) is 0 Å². The lowest BCUT2D eigenvalue weighted by atomic mass is 9.94. The van der Waals surface area contributed by atoms with E-state index in [1.165, 1.54) is 6.07 Å². The topological polar surface area (TPSA) is 65.0 Å². The average molecular weight is 838 g/mol. The fraction of sp³-hybridized carbons (Fsp3) is 0. The molecule has 6 heteroatoms. The number of hydrogen-bond acceptors (Lipinski definition) is 6. The van der Waals surface area contributed by atoms with Crippen molar-refractivity contribution in [2.45, 2.75) is 0 Å². The summed E-state index contributed by atoms with van der Waals surface area (Å²) >= 11 is 1.58. The van der Waals surface area contributed by atoms with Crippen LogP contribution in [0.25, 0.3) is 132 Å². The number of aromatic nitrogens is 3. The number of nitrogens with zero attached hydrogens (tertiary/aromatic N) is 3. The third kappa shape index (κ3) is 5.95. The summed E-state index contributed by atoms with van der Waals surface area (Å²) in [5.41, 5.74) is 1.78. The zero-order valence-electron chi connectivity index (χ0n) is 46.5. The molecule has 0 saturated heterocycles. The van der Waals surface area contributed by atoms with Crippen LogP contribution in [0.1, 0.15) is 19.2 Å². The third-order valence-corrected chi connectivity index (χ3v) is 12.3. The Morgan fingerprint density at radius 3 is 1.59 bits per heavy atom. The van der Waals surface area contributed by atoms with Gasteiger partial charge in [-0.1, -0.05) is 133 Å². The molecule has 0 amide bonds. The smallest absolute Gasteiger partial charge is 0.165 e. The van der Waals surface area contributed by atoms with E-state index in [2.05, 4.69) is 6.07 Å². The molecule has 13 aromatic rings. The van der Waals surface area contributed by atoms with Crippen LogP contribution >= 0.6 is 11.3 Å². The molecule has 0 aliphatic rings. The van der Waals surface area contributed by atoms with E-state index < -0.39 is 84.6 Å². The summed E-state index contributed by atoms with van der Waals surface area (Å²) in [6, 6.07) is 28.5. The number of furan rings is 2. The third-order valence-electron chi connectivity index (χ3n) is 11.1. The fourth-order valence-electron chi connectivity index (χ4n) is 8.16. The van der Waals surface area contributed by atoms with Crippen LogP contribution in [0.15, 0.2) is 209 Å². The highest BCUT2D eigenvalue weighted by Crippen LogP contribution is 2.42. The molecule has 0 aliphatic carbocycles. The summed E-state index contributed by atoms with van der Waals surface area (Å²) in [5, 5.41) is 1.40. The van der Waals surface area contributed by atoms with Gasteiger partial charge in [-0.05, 0) is 100.0 Å². The first-order chi connectivity index (χ1) is 37.0. The van der Waals surface area contributed by atoms with Crippen molar-refractivity contribution in [1.29, 1.82) is 0 Å². The summed E-state index contributed by atoms with van der Waals surface area (Å²) in [7, 11) is 0. The van der Waals surface area contributed by atoms with E-state index in [-0.39, 0.29) is 89.2 Å². The van der Waals surface area contributed by atoms with Gasteiger partial charge < -0.3 is 8.83 Å². The predicted octanol–water partition coefficient (Wildman–Crippen LogP) is 16.0. The van der Waals surface area contributed by atoms with Gasteiger partial charge in [0.15, 0.2) is 17.5 Å². The molecule has 5 nitrogen and oxygen atoms in total. The van der Waals surface area contributed by atoms with Crippen LogP contribution in [0.2, 0.25) is 0 Å². The van der Waals surface area contributed by atoms with Crippen molar-refractivity contribution < 1.29 is 28.0 Å². The summed E-state index contributed by atoms with van der Waals surface area (Å²) in [4.78, 5) is 15.5. The molecular weight excluding hydrogens is 791 g/mol. The molecule has 0 aliphatic heterocycles. The van der Waals surface area contributed by atoms with Crippen molar-refractivity contribution in [2.24, 2.45) is 0 Å². The first kappa shape index (κ1) is 24.3. The minimum absolute atomic E-state index is 0.0577. The Bertz CT molecular complexity index is 4590. The Balaban J connectivity index is 1.16. The molecule has 63 heavy (non-hydrogen) atoms. The van der Waals surface area contributed by atoms with Crippen LogP contribution in [0.4, 0.5) is 0 Å². The van der Waals surface area contributed by atoms with Crippen LogP contribution in [0, 0.1) is 0 Å². The molecule has 0 unspecified atom stereocenters. The minimum Gasteiger partial charge on any atom is -0.456 e. The zero-order chi connectivity index (χ0) is 53.6. The first-order valence-corrected chi connectivity index (χ1v) is 20.7. The molecule has 0 saturated carbocycles. The molecule has 294 valence electrons. The Morgan fingerprint density at radius 2 is 0.889 bits per heavy atom. The number of rotatable bonds is 6. The molecule has 0 N–H and O–H groups in total. The molecule has 0 radical (unpaired) electrons. The van der Waals surface area contributed by atoms with Crippen LogP contribution in [-0.4, -0.2) is 15.0 Å². The average Bonchev–Trinajstić information content (AvgIpc) is 4.40. The van der Waals surface area contributed by atoms with E-state index in [4.69, 9.17) is 34.8 Å². The molecule has 13 rings (SSSR count). The van der Waals surface area contributed by atoms with E-state index in [0.29, 0.717) is 11.1 Å². The van der Waals surface area contributed by atoms with Gasteiger partial charge in [-0.2, -0.15) is 0 Å². The molecule has 9 aromatic carbocycles. The predicted molar refractivity (Wildman–Crippen MR) is 260 cm³/mol. The van der Waals surface area contributed by atoms with E-state index in [0.717, 1.165) is 31.3 Å². The lowest BCUT2D eigenvalue weighted by Gasteiger charge is -2.14. The van der Waals surface area contributed by atoms with Gasteiger partial charge in [0.25, 0.3) is 0 Å². The second-order valence-corrected chi connectivity index (χ2v) is 15.9. The molecule has 0 spiro atoms. The van der Waals surface area contributed by atoms with E-state index >= 15 is 0 Å². The maximum Gasteiger partial charge on any atom is 0.165 e. The van der Waals surface area contributed by atoms with Gasteiger partial charge in [-0.15, -0.1) is 11.3 Å². The monoisotopic (exact) mass is 837 g/mol. The fourth-order valence-corrected chi connectivity index (χ4v) is 9.37. The van der Waals surface area contributed by atoms with Gasteiger partial charge in [0.1, 0.15) is 22.3 Å². The Morgan fingerprint density at radius 1 is 0.365 bits per heavy atom. The van der Waals surface area contributed by atoms with Crippen molar-refractivity contribution in [3.05, 3.63) is 200 Å². The van der Waals surface area contributed by atoms with Gasteiger partial charge in [0, 0.05) is 58.4 Å². The van der Waals surface area contributed by atoms with Crippen molar-refractivity contribution >= 4 is 75.4 Å². The Labute approximate surface area is 384 Å². The number of benzene rings is 9. The minimum atomic E-state index is -0.595. The highest BCUT2D eigenvalue weighted by Gasteiger charge is 2.20. The zero-order valence-corrected chi connectivity index (χ0v) is 33.4. The largest absolute Gasteiger partial charge is 0.456 e. The highest BCUT2D eigenvalue weighted by atomic mass is 32.1. The quantitative estimate of drug-likeness (QED) is 0.167. The molecular formula is C57H33N3O2S. The highest BCUT2D eigenvalue weighted by molar-refractivity contribution is 7.26. The number of hydrogen-bond donors (Lipinski definition) is 0. The van der Waals surface area contributed by atoms with Gasteiger partial charge in [-0.25, -0.2) is 15.0 Å².